The summed E-state index contributed by atoms with van der Waals surface area (Å²) in [5.74, 6) is -0.239. The normalized spacial score (nSPS) is 22.6. The maximum Gasteiger partial charge on any atom is 0.146 e. The Bertz CT molecular complexity index is 624. The zero-order chi connectivity index (χ0) is 14.2. The molecule has 21 heavy (non-hydrogen) atoms. The van der Waals surface area contributed by atoms with Crippen molar-refractivity contribution in [2.24, 2.45) is 0 Å². The van der Waals surface area contributed by atoms with E-state index in [1.165, 1.54) is 29.9 Å². The molecule has 0 bridgehead atoms. The van der Waals surface area contributed by atoms with E-state index in [0.717, 1.165) is 31.2 Å². The van der Waals surface area contributed by atoms with Crippen LogP contribution >= 0.6 is 0 Å². The van der Waals surface area contributed by atoms with Gasteiger partial charge in [0, 0.05) is 25.2 Å². The monoisotopic (exact) mass is 288 g/mol. The van der Waals surface area contributed by atoms with Crippen molar-refractivity contribution in [3.05, 3.63) is 30.3 Å². The van der Waals surface area contributed by atoms with Crippen LogP contribution in [0.15, 0.2) is 24.5 Å². The predicted molar refractivity (Wildman–Crippen MR) is 75.7 cm³/mol. The first kappa shape index (κ1) is 12.7. The Morgan fingerprint density at radius 3 is 2.90 bits per heavy atom. The fraction of sp³-hybridized carbons (Fsp3) is 0.500. The van der Waals surface area contributed by atoms with Crippen LogP contribution in [0.25, 0.3) is 5.69 Å². The molecule has 0 radical (unpaired) electrons. The minimum Gasteiger partial charge on any atom is -0.379 e. The van der Waals surface area contributed by atoms with E-state index in [1.54, 1.807) is 12.1 Å². The maximum absolute atomic E-state index is 14.0. The Hall–Kier alpha value is -2.02. The van der Waals surface area contributed by atoms with Gasteiger partial charge >= 0.3 is 0 Å². The third-order valence-electron chi connectivity index (χ3n) is 4.21. The van der Waals surface area contributed by atoms with Gasteiger partial charge in [0.1, 0.15) is 12.1 Å². The zero-order valence-corrected chi connectivity index (χ0v) is 11.6. The van der Waals surface area contributed by atoms with Crippen LogP contribution in [0.5, 0.6) is 0 Å². The summed E-state index contributed by atoms with van der Waals surface area (Å²) >= 11 is 0. The van der Waals surface area contributed by atoms with Gasteiger partial charge in [0.05, 0.1) is 11.4 Å². The van der Waals surface area contributed by atoms with E-state index in [1.807, 2.05) is 0 Å². The summed E-state index contributed by atoms with van der Waals surface area (Å²) in [6.07, 6.45) is 5.19. The second kappa shape index (κ2) is 5.07. The van der Waals surface area contributed by atoms with Crippen LogP contribution in [0.3, 0.4) is 0 Å². The lowest BCUT2D eigenvalue weighted by Gasteiger charge is -2.17. The van der Waals surface area contributed by atoms with Crippen LogP contribution in [-0.4, -0.2) is 50.3 Å². The molecule has 1 unspecified atom stereocenters. The van der Waals surface area contributed by atoms with Crippen LogP contribution in [-0.2, 0) is 0 Å². The van der Waals surface area contributed by atoms with E-state index in [2.05, 4.69) is 25.7 Å². The fourth-order valence-electron chi connectivity index (χ4n) is 2.94. The van der Waals surface area contributed by atoms with Crippen molar-refractivity contribution >= 4 is 5.69 Å². The largest absolute Gasteiger partial charge is 0.379 e. The average molecular weight is 288 g/mol. The fourth-order valence-corrected chi connectivity index (χ4v) is 2.94. The minimum atomic E-state index is -0.239. The second-order valence-electron chi connectivity index (χ2n) is 5.77. The number of hydrogen-bond acceptors (Lipinski definition) is 5. The standard InChI is InChI=1S/C14H17FN6/c15-13-4-3-12(21-9-16-18-19-21)7-14(13)17-10-5-6-20(8-10)11-1-2-11/h3-4,7,9-11,17H,1-2,5-6,8H2. The molecule has 2 aliphatic rings. The molecule has 0 amide bonds. The number of hydrogen-bond donors (Lipinski definition) is 1. The van der Waals surface area contributed by atoms with Crippen molar-refractivity contribution in [1.29, 1.82) is 0 Å². The quantitative estimate of drug-likeness (QED) is 0.923. The summed E-state index contributed by atoms with van der Waals surface area (Å²) in [6.45, 7) is 2.11. The molecule has 7 heteroatoms. The lowest BCUT2D eigenvalue weighted by atomic mass is 10.2. The number of tetrazole rings is 1. The first-order valence-electron chi connectivity index (χ1n) is 7.33. The Balaban J connectivity index is 1.50. The summed E-state index contributed by atoms with van der Waals surface area (Å²) in [4.78, 5) is 2.50. The lowest BCUT2D eigenvalue weighted by Crippen LogP contribution is -2.28. The summed E-state index contributed by atoms with van der Waals surface area (Å²) in [5.41, 5.74) is 1.27. The molecule has 2 heterocycles. The maximum atomic E-state index is 14.0. The van der Waals surface area contributed by atoms with E-state index in [4.69, 9.17) is 0 Å². The molecule has 1 N–H and O–H groups in total. The number of rotatable bonds is 4. The molecule has 1 atom stereocenters. The van der Waals surface area contributed by atoms with E-state index < -0.39 is 0 Å². The Kier molecular flexibility index (Phi) is 3.07. The molecular formula is C14H17FN6. The molecule has 1 aliphatic heterocycles. The van der Waals surface area contributed by atoms with E-state index in [0.29, 0.717) is 11.7 Å². The molecule has 1 aromatic heterocycles. The summed E-state index contributed by atoms with van der Waals surface area (Å²) in [6, 6.07) is 5.96. The van der Waals surface area contributed by atoms with Crippen molar-refractivity contribution in [2.45, 2.75) is 31.3 Å². The molecule has 6 nitrogen and oxygen atoms in total. The predicted octanol–water partition coefficient (Wildman–Crippen LogP) is 1.45. The zero-order valence-electron chi connectivity index (χ0n) is 11.6. The molecule has 1 aliphatic carbocycles. The van der Waals surface area contributed by atoms with Gasteiger partial charge in [-0.1, -0.05) is 0 Å². The van der Waals surface area contributed by atoms with Gasteiger partial charge in [-0.3, -0.25) is 4.90 Å². The smallest absolute Gasteiger partial charge is 0.146 e. The number of anilines is 1. The number of likely N-dealkylation sites (tertiary alicyclic amines) is 1. The number of nitrogens with one attached hydrogen (secondary N) is 1. The van der Waals surface area contributed by atoms with E-state index >= 15 is 0 Å². The third-order valence-corrected chi connectivity index (χ3v) is 4.21. The first-order valence-corrected chi connectivity index (χ1v) is 7.33. The first-order chi connectivity index (χ1) is 10.3. The van der Waals surface area contributed by atoms with Crippen LogP contribution < -0.4 is 5.32 Å². The van der Waals surface area contributed by atoms with Crippen molar-refractivity contribution in [3.63, 3.8) is 0 Å². The lowest BCUT2D eigenvalue weighted by molar-refractivity contribution is 0.326. The van der Waals surface area contributed by atoms with Crippen molar-refractivity contribution in [3.8, 4) is 5.69 Å². The van der Waals surface area contributed by atoms with Crippen LogP contribution in [0, 0.1) is 5.82 Å². The van der Waals surface area contributed by atoms with E-state index in [-0.39, 0.29) is 5.82 Å². The van der Waals surface area contributed by atoms with Gasteiger partial charge in [-0.25, -0.2) is 9.07 Å². The Morgan fingerprint density at radius 2 is 2.14 bits per heavy atom. The molecule has 4 rings (SSSR count). The van der Waals surface area contributed by atoms with Crippen LogP contribution in [0.1, 0.15) is 19.3 Å². The van der Waals surface area contributed by atoms with Crippen LogP contribution in [0.2, 0.25) is 0 Å². The summed E-state index contributed by atoms with van der Waals surface area (Å²) < 4.78 is 15.5. The number of halogens is 1. The van der Waals surface area contributed by atoms with Gasteiger partial charge < -0.3 is 5.32 Å². The van der Waals surface area contributed by atoms with Gasteiger partial charge in [0.25, 0.3) is 0 Å². The number of nitrogens with zero attached hydrogens (tertiary/aromatic N) is 5. The third kappa shape index (κ3) is 2.61. The average Bonchev–Trinajstić information content (AvgIpc) is 3.01. The van der Waals surface area contributed by atoms with Gasteiger partial charge in [0.2, 0.25) is 0 Å². The molecule has 0 spiro atoms. The second-order valence-corrected chi connectivity index (χ2v) is 5.77. The highest BCUT2D eigenvalue weighted by Gasteiger charge is 2.34. The molecular weight excluding hydrogens is 271 g/mol. The van der Waals surface area contributed by atoms with Gasteiger partial charge in [0.15, 0.2) is 0 Å². The highest BCUT2D eigenvalue weighted by atomic mass is 19.1. The highest BCUT2D eigenvalue weighted by Crippen LogP contribution is 2.31. The van der Waals surface area contributed by atoms with Crippen LogP contribution in [0.4, 0.5) is 10.1 Å². The van der Waals surface area contributed by atoms with Crippen molar-refractivity contribution < 1.29 is 4.39 Å². The topological polar surface area (TPSA) is 58.9 Å². The molecule has 2 aromatic rings. The summed E-state index contributed by atoms with van der Waals surface area (Å²) in [5, 5.41) is 14.4. The van der Waals surface area contributed by atoms with Crippen molar-refractivity contribution in [2.75, 3.05) is 18.4 Å². The molecule has 1 saturated carbocycles. The Labute approximate surface area is 121 Å². The Morgan fingerprint density at radius 1 is 1.24 bits per heavy atom. The molecule has 1 aromatic carbocycles. The molecule has 2 fully saturated rings. The highest BCUT2D eigenvalue weighted by molar-refractivity contribution is 5.52. The van der Waals surface area contributed by atoms with Gasteiger partial charge in [-0.2, -0.15) is 0 Å². The van der Waals surface area contributed by atoms with E-state index in [9.17, 15) is 4.39 Å². The van der Waals surface area contributed by atoms with Crippen molar-refractivity contribution in [1.82, 2.24) is 25.1 Å². The van der Waals surface area contributed by atoms with Gasteiger partial charge in [-0.15, -0.1) is 5.10 Å². The number of aromatic nitrogens is 4. The van der Waals surface area contributed by atoms with Gasteiger partial charge in [-0.05, 0) is 47.9 Å². The molecule has 110 valence electrons. The minimum absolute atomic E-state index is 0.239. The summed E-state index contributed by atoms with van der Waals surface area (Å²) in [7, 11) is 0. The number of benzene rings is 1. The SMILES string of the molecule is Fc1ccc(-n2cnnn2)cc1NC1CCN(C2CC2)C1. The molecule has 1 saturated heterocycles.